The summed E-state index contributed by atoms with van der Waals surface area (Å²) in [6, 6.07) is 4.38. The first-order valence-electron chi connectivity index (χ1n) is 5.57. The van der Waals surface area contributed by atoms with E-state index in [4.69, 9.17) is 5.73 Å². The van der Waals surface area contributed by atoms with Gasteiger partial charge >= 0.3 is 10.2 Å². The molecular formula is C11H18FN3O2S. The molecule has 1 aromatic rings. The predicted octanol–water partition coefficient (Wildman–Crippen LogP) is 1.07. The van der Waals surface area contributed by atoms with Gasteiger partial charge in [0.15, 0.2) is 0 Å². The largest absolute Gasteiger partial charge is 0.330 e. The van der Waals surface area contributed by atoms with Crippen molar-refractivity contribution in [2.75, 3.05) is 24.9 Å². The molecule has 7 heteroatoms. The van der Waals surface area contributed by atoms with Gasteiger partial charge in [0.2, 0.25) is 0 Å². The maximum Gasteiger partial charge on any atom is 0.301 e. The molecule has 0 unspecified atom stereocenters. The summed E-state index contributed by atoms with van der Waals surface area (Å²) in [6.07, 6.45) is 0.549. The van der Waals surface area contributed by atoms with Gasteiger partial charge in [0.25, 0.3) is 0 Å². The van der Waals surface area contributed by atoms with E-state index in [2.05, 4.69) is 4.72 Å². The molecule has 3 N–H and O–H groups in total. The van der Waals surface area contributed by atoms with E-state index in [1.54, 1.807) is 13.0 Å². The van der Waals surface area contributed by atoms with Crippen LogP contribution in [0.4, 0.5) is 10.1 Å². The molecule has 0 amide bonds. The van der Waals surface area contributed by atoms with Gasteiger partial charge in [-0.15, -0.1) is 0 Å². The Balaban J connectivity index is 2.89. The van der Waals surface area contributed by atoms with Crippen molar-refractivity contribution in [3.63, 3.8) is 0 Å². The molecule has 0 fully saturated rings. The summed E-state index contributed by atoms with van der Waals surface area (Å²) in [6.45, 7) is 2.33. The minimum absolute atomic E-state index is 0.0166. The second-order valence-corrected chi connectivity index (χ2v) is 5.78. The van der Waals surface area contributed by atoms with Crippen LogP contribution < -0.4 is 10.5 Å². The molecule has 18 heavy (non-hydrogen) atoms. The summed E-state index contributed by atoms with van der Waals surface area (Å²) in [4.78, 5) is 0. The number of rotatable bonds is 6. The molecule has 0 saturated carbocycles. The predicted molar refractivity (Wildman–Crippen MR) is 70.0 cm³/mol. The first kappa shape index (κ1) is 14.9. The lowest BCUT2D eigenvalue weighted by Crippen LogP contribution is -2.34. The molecule has 0 saturated heterocycles. The SMILES string of the molecule is Cc1cccc(F)c1NS(=O)(=O)N(C)CCCN. The minimum atomic E-state index is -3.74. The second kappa shape index (κ2) is 6.12. The van der Waals surface area contributed by atoms with Crippen LogP contribution in [0.15, 0.2) is 18.2 Å². The molecule has 5 nitrogen and oxygen atoms in total. The Morgan fingerprint density at radius 2 is 2.11 bits per heavy atom. The van der Waals surface area contributed by atoms with E-state index in [1.807, 2.05) is 0 Å². The third-order valence-electron chi connectivity index (χ3n) is 2.54. The van der Waals surface area contributed by atoms with E-state index in [-0.39, 0.29) is 5.69 Å². The van der Waals surface area contributed by atoms with Crippen LogP contribution in [0.1, 0.15) is 12.0 Å². The highest BCUT2D eigenvalue weighted by Gasteiger charge is 2.19. The molecular weight excluding hydrogens is 257 g/mol. The van der Waals surface area contributed by atoms with E-state index in [0.29, 0.717) is 25.1 Å². The zero-order valence-corrected chi connectivity index (χ0v) is 11.3. The number of para-hydroxylation sites is 1. The Labute approximate surface area is 107 Å². The number of benzene rings is 1. The average molecular weight is 275 g/mol. The molecule has 102 valence electrons. The van der Waals surface area contributed by atoms with Gasteiger partial charge in [-0.1, -0.05) is 12.1 Å². The lowest BCUT2D eigenvalue weighted by atomic mass is 10.2. The Morgan fingerprint density at radius 3 is 2.67 bits per heavy atom. The molecule has 1 rings (SSSR count). The Morgan fingerprint density at radius 1 is 1.44 bits per heavy atom. The minimum Gasteiger partial charge on any atom is -0.330 e. The van der Waals surface area contributed by atoms with Crippen molar-refractivity contribution in [1.29, 1.82) is 0 Å². The Kier molecular flexibility index (Phi) is 5.06. The monoisotopic (exact) mass is 275 g/mol. The second-order valence-electron chi connectivity index (χ2n) is 4.00. The van der Waals surface area contributed by atoms with Gasteiger partial charge in [0.05, 0.1) is 5.69 Å². The van der Waals surface area contributed by atoms with Crippen molar-refractivity contribution < 1.29 is 12.8 Å². The van der Waals surface area contributed by atoms with Crippen LogP contribution in [-0.2, 0) is 10.2 Å². The highest BCUT2D eigenvalue weighted by molar-refractivity contribution is 7.90. The van der Waals surface area contributed by atoms with E-state index in [9.17, 15) is 12.8 Å². The van der Waals surface area contributed by atoms with Crippen LogP contribution in [-0.4, -0.2) is 32.9 Å². The maximum absolute atomic E-state index is 13.5. The fraction of sp³-hybridized carbons (Fsp3) is 0.455. The van der Waals surface area contributed by atoms with E-state index >= 15 is 0 Å². The van der Waals surface area contributed by atoms with Gasteiger partial charge in [-0.05, 0) is 31.5 Å². The standard InChI is InChI=1S/C11H18FN3O2S/c1-9-5-3-6-10(12)11(9)14-18(16,17)15(2)8-4-7-13/h3,5-6,14H,4,7-8,13H2,1-2H3. The van der Waals surface area contributed by atoms with Crippen LogP contribution in [0.3, 0.4) is 0 Å². The van der Waals surface area contributed by atoms with Crippen molar-refractivity contribution in [2.45, 2.75) is 13.3 Å². The van der Waals surface area contributed by atoms with Crippen LogP contribution >= 0.6 is 0 Å². The zero-order chi connectivity index (χ0) is 13.8. The quantitative estimate of drug-likeness (QED) is 0.815. The summed E-state index contributed by atoms with van der Waals surface area (Å²) in [7, 11) is -2.32. The number of anilines is 1. The molecule has 0 aromatic heterocycles. The highest BCUT2D eigenvalue weighted by Crippen LogP contribution is 2.20. The molecule has 0 aliphatic rings. The number of hydrogen-bond acceptors (Lipinski definition) is 3. The number of nitrogens with one attached hydrogen (secondary N) is 1. The molecule has 0 bridgehead atoms. The summed E-state index contributed by atoms with van der Waals surface area (Å²) in [5.74, 6) is -0.592. The lowest BCUT2D eigenvalue weighted by molar-refractivity contribution is 0.468. The average Bonchev–Trinajstić information content (AvgIpc) is 2.31. The van der Waals surface area contributed by atoms with Gasteiger partial charge < -0.3 is 5.73 Å². The van der Waals surface area contributed by atoms with Crippen molar-refractivity contribution in [3.8, 4) is 0 Å². The molecule has 0 radical (unpaired) electrons. The third kappa shape index (κ3) is 3.66. The molecule has 1 aromatic carbocycles. The maximum atomic E-state index is 13.5. The van der Waals surface area contributed by atoms with Crippen molar-refractivity contribution in [1.82, 2.24) is 4.31 Å². The fourth-order valence-electron chi connectivity index (χ4n) is 1.40. The van der Waals surface area contributed by atoms with Gasteiger partial charge in [-0.3, -0.25) is 4.72 Å². The van der Waals surface area contributed by atoms with Gasteiger partial charge in [-0.25, -0.2) is 4.39 Å². The Bertz CT molecular complexity index is 485. The van der Waals surface area contributed by atoms with Gasteiger partial charge in [0, 0.05) is 13.6 Å². The number of nitrogens with two attached hydrogens (primary N) is 1. The first-order valence-corrected chi connectivity index (χ1v) is 7.01. The summed E-state index contributed by atoms with van der Waals surface area (Å²) >= 11 is 0. The van der Waals surface area contributed by atoms with Crippen LogP contribution in [0.5, 0.6) is 0 Å². The van der Waals surface area contributed by atoms with Crippen LogP contribution in [0, 0.1) is 12.7 Å². The smallest absolute Gasteiger partial charge is 0.301 e. The summed E-state index contributed by atoms with van der Waals surface area (Å²) < 4.78 is 40.7. The van der Waals surface area contributed by atoms with Crippen molar-refractivity contribution in [2.24, 2.45) is 5.73 Å². The number of nitrogens with zero attached hydrogens (tertiary/aromatic N) is 1. The van der Waals surface area contributed by atoms with E-state index < -0.39 is 16.0 Å². The van der Waals surface area contributed by atoms with Crippen LogP contribution in [0.2, 0.25) is 0 Å². The van der Waals surface area contributed by atoms with E-state index in [1.165, 1.54) is 19.2 Å². The topological polar surface area (TPSA) is 75.4 Å². The summed E-state index contributed by atoms with van der Waals surface area (Å²) in [5.41, 5.74) is 5.84. The van der Waals surface area contributed by atoms with Gasteiger partial charge in [-0.2, -0.15) is 12.7 Å². The Hall–Kier alpha value is -1.18. The first-order chi connectivity index (χ1) is 8.38. The molecule has 0 atom stereocenters. The number of aryl methyl sites for hydroxylation is 1. The molecule has 0 aliphatic heterocycles. The third-order valence-corrected chi connectivity index (χ3v) is 4.01. The summed E-state index contributed by atoms with van der Waals surface area (Å²) in [5, 5.41) is 0. The van der Waals surface area contributed by atoms with Gasteiger partial charge in [0.1, 0.15) is 5.82 Å². The highest BCUT2D eigenvalue weighted by atomic mass is 32.2. The normalized spacial score (nSPS) is 11.8. The molecule has 0 heterocycles. The van der Waals surface area contributed by atoms with Crippen molar-refractivity contribution in [3.05, 3.63) is 29.6 Å². The van der Waals surface area contributed by atoms with Crippen LogP contribution in [0.25, 0.3) is 0 Å². The number of halogens is 1. The van der Waals surface area contributed by atoms with E-state index in [0.717, 1.165) is 4.31 Å². The number of hydrogen-bond donors (Lipinski definition) is 2. The lowest BCUT2D eigenvalue weighted by Gasteiger charge is -2.19. The molecule has 0 spiro atoms. The zero-order valence-electron chi connectivity index (χ0n) is 10.5. The van der Waals surface area contributed by atoms with Crippen molar-refractivity contribution >= 4 is 15.9 Å². The fourth-order valence-corrected chi connectivity index (χ4v) is 2.44. The molecule has 0 aliphatic carbocycles.